The Balaban J connectivity index is 2.82. The summed E-state index contributed by atoms with van der Waals surface area (Å²) in [7, 11) is 0. The summed E-state index contributed by atoms with van der Waals surface area (Å²) in [4.78, 5) is 29.7. The van der Waals surface area contributed by atoms with Gasteiger partial charge in [-0.1, -0.05) is 0 Å². The number of nitro groups is 1. The highest BCUT2D eigenvalue weighted by Crippen LogP contribution is 2.04. The van der Waals surface area contributed by atoms with Gasteiger partial charge in [0.1, 0.15) is 0 Å². The average Bonchev–Trinajstić information content (AvgIpc) is 2.11. The minimum Gasteiger partial charge on any atom is -0.452 e. The van der Waals surface area contributed by atoms with Crippen molar-refractivity contribution in [2.24, 2.45) is 0 Å². The Morgan fingerprint density at radius 3 is 2.40 bits per heavy atom. The molecule has 6 nitrogen and oxygen atoms in total. The maximum atomic E-state index is 10.4. The molecule has 0 spiro atoms. The molecule has 0 saturated carbocycles. The van der Waals surface area contributed by atoms with Crippen LogP contribution >= 0.6 is 0 Å². The highest BCUT2D eigenvalue weighted by Gasteiger charge is 2.45. The highest BCUT2D eigenvalue weighted by molar-refractivity contribution is 6.06. The normalized spacial score (nSPS) is 24.6. The fraction of sp³-hybridized carbons (Fsp3) is 0.500. The van der Waals surface area contributed by atoms with Gasteiger partial charge < -0.3 is 4.74 Å². The van der Waals surface area contributed by atoms with Crippen molar-refractivity contribution in [3.63, 3.8) is 0 Å². The van der Waals surface area contributed by atoms with E-state index in [9.17, 15) is 19.7 Å². The van der Waals surface area contributed by atoms with Crippen molar-refractivity contribution in [3.05, 3.63) is 10.1 Å². The lowest BCUT2D eigenvalue weighted by atomic mass is 10.2. The summed E-state index contributed by atoms with van der Waals surface area (Å²) in [6.07, 6.45) is 0. The third-order valence-electron chi connectivity index (χ3n) is 1.10. The van der Waals surface area contributed by atoms with E-state index in [0.717, 1.165) is 0 Å². The summed E-state index contributed by atoms with van der Waals surface area (Å²) < 4.78 is 4.11. The molecule has 0 aromatic rings. The monoisotopic (exact) mass is 145 g/mol. The zero-order valence-corrected chi connectivity index (χ0v) is 4.77. The average molecular weight is 145 g/mol. The summed E-state index contributed by atoms with van der Waals surface area (Å²) in [5, 5.41) is 9.91. The molecular weight excluding hydrogens is 142 g/mol. The van der Waals surface area contributed by atoms with Gasteiger partial charge in [0.15, 0.2) is 6.61 Å². The van der Waals surface area contributed by atoms with Crippen LogP contribution in [0.1, 0.15) is 0 Å². The summed E-state index contributed by atoms with van der Waals surface area (Å²) in [5.74, 6) is -1.84. The quantitative estimate of drug-likeness (QED) is 0.199. The lowest BCUT2D eigenvalue weighted by molar-refractivity contribution is -0.493. The van der Waals surface area contributed by atoms with E-state index in [-0.39, 0.29) is 0 Å². The van der Waals surface area contributed by atoms with Crippen molar-refractivity contribution >= 4 is 11.8 Å². The van der Waals surface area contributed by atoms with Crippen molar-refractivity contribution in [2.45, 2.75) is 6.04 Å². The van der Waals surface area contributed by atoms with Gasteiger partial charge in [-0.05, 0) is 0 Å². The Bertz CT molecular complexity index is 194. The van der Waals surface area contributed by atoms with E-state index in [1.165, 1.54) is 0 Å². The van der Waals surface area contributed by atoms with Gasteiger partial charge in [0.05, 0.1) is 0 Å². The number of esters is 1. The van der Waals surface area contributed by atoms with Crippen molar-refractivity contribution in [3.8, 4) is 0 Å². The van der Waals surface area contributed by atoms with E-state index < -0.39 is 29.3 Å². The molecule has 0 N–H and O–H groups in total. The molecule has 0 aliphatic carbocycles. The number of cyclic esters (lactones) is 1. The van der Waals surface area contributed by atoms with Crippen LogP contribution in [-0.4, -0.2) is 29.3 Å². The number of hydrogen-bond acceptors (Lipinski definition) is 5. The zero-order valence-electron chi connectivity index (χ0n) is 4.77. The van der Waals surface area contributed by atoms with Crippen LogP contribution in [0.3, 0.4) is 0 Å². The minimum atomic E-state index is -1.78. The topological polar surface area (TPSA) is 86.5 Å². The van der Waals surface area contributed by atoms with Gasteiger partial charge in [-0.3, -0.25) is 14.9 Å². The van der Waals surface area contributed by atoms with Gasteiger partial charge in [0.2, 0.25) is 0 Å². The molecule has 0 aromatic carbocycles. The van der Waals surface area contributed by atoms with Gasteiger partial charge in [0.25, 0.3) is 5.78 Å². The fourth-order valence-electron chi connectivity index (χ4n) is 0.635. The third-order valence-corrected chi connectivity index (χ3v) is 1.10. The molecule has 1 rings (SSSR count). The molecule has 1 unspecified atom stereocenters. The Labute approximate surface area is 54.9 Å². The van der Waals surface area contributed by atoms with E-state index in [4.69, 9.17) is 0 Å². The van der Waals surface area contributed by atoms with Crippen molar-refractivity contribution in [1.29, 1.82) is 0 Å². The number of carbonyl (C=O) groups is 2. The minimum absolute atomic E-state index is 0.468. The van der Waals surface area contributed by atoms with Crippen molar-refractivity contribution in [2.75, 3.05) is 6.61 Å². The molecule has 0 aromatic heterocycles. The molecule has 1 aliphatic heterocycles. The summed E-state index contributed by atoms with van der Waals surface area (Å²) in [6.45, 7) is -0.468. The molecule has 0 amide bonds. The van der Waals surface area contributed by atoms with E-state index in [1.54, 1.807) is 0 Å². The molecule has 1 fully saturated rings. The number of hydrogen-bond donors (Lipinski definition) is 0. The number of rotatable bonds is 1. The maximum Gasteiger partial charge on any atom is 0.390 e. The Morgan fingerprint density at radius 1 is 1.60 bits per heavy atom. The number of ether oxygens (including phenoxy) is 1. The molecule has 1 saturated heterocycles. The van der Waals surface area contributed by atoms with Gasteiger partial charge in [-0.15, -0.1) is 0 Å². The molecule has 54 valence electrons. The van der Waals surface area contributed by atoms with Gasteiger partial charge >= 0.3 is 12.0 Å². The van der Waals surface area contributed by atoms with Crippen LogP contribution in [0.5, 0.6) is 0 Å². The molecule has 0 bridgehead atoms. The standard InChI is InChI=1S/C4H3NO5/c6-2-1-10-4(7)3(2)5(8)9/h3H,1H2. The van der Waals surface area contributed by atoms with E-state index in [0.29, 0.717) is 0 Å². The second kappa shape index (κ2) is 2.05. The summed E-state index contributed by atoms with van der Waals surface area (Å²) in [5.41, 5.74) is 0. The number of carbonyl (C=O) groups excluding carboxylic acids is 2. The maximum absolute atomic E-state index is 10.4. The largest absolute Gasteiger partial charge is 0.452 e. The Morgan fingerprint density at radius 2 is 2.20 bits per heavy atom. The van der Waals surface area contributed by atoms with Crippen LogP contribution in [0.25, 0.3) is 0 Å². The second-order valence-corrected chi connectivity index (χ2v) is 1.76. The van der Waals surface area contributed by atoms with E-state index in [2.05, 4.69) is 4.74 Å². The van der Waals surface area contributed by atoms with Crippen molar-refractivity contribution in [1.82, 2.24) is 0 Å². The van der Waals surface area contributed by atoms with Crippen LogP contribution < -0.4 is 0 Å². The van der Waals surface area contributed by atoms with Crippen LogP contribution in [0, 0.1) is 10.1 Å². The first-order valence-corrected chi connectivity index (χ1v) is 2.46. The lowest BCUT2D eigenvalue weighted by Crippen LogP contribution is -2.31. The van der Waals surface area contributed by atoms with Crippen LogP contribution in [-0.2, 0) is 14.3 Å². The molecule has 1 aliphatic rings. The smallest absolute Gasteiger partial charge is 0.390 e. The Hall–Kier alpha value is -1.46. The predicted octanol–water partition coefficient (Wildman–Crippen LogP) is -1.24. The summed E-state index contributed by atoms with van der Waals surface area (Å²) >= 11 is 0. The molecule has 6 heteroatoms. The molecule has 0 radical (unpaired) electrons. The van der Waals surface area contributed by atoms with Gasteiger partial charge in [-0.2, -0.15) is 0 Å². The fourth-order valence-corrected chi connectivity index (χ4v) is 0.635. The second-order valence-electron chi connectivity index (χ2n) is 1.76. The first-order valence-electron chi connectivity index (χ1n) is 2.46. The SMILES string of the molecule is O=C1COC(=O)C1[N+](=O)[O-]. The predicted molar refractivity (Wildman–Crippen MR) is 26.7 cm³/mol. The van der Waals surface area contributed by atoms with Crippen LogP contribution in [0.4, 0.5) is 0 Å². The van der Waals surface area contributed by atoms with Gasteiger partial charge in [0, 0.05) is 4.92 Å². The number of Topliss-reactive ketones (excluding diaryl/α,β-unsaturated/α-hetero) is 1. The Kier molecular flexibility index (Phi) is 1.37. The lowest BCUT2D eigenvalue weighted by Gasteiger charge is -1.90. The summed E-state index contributed by atoms with van der Waals surface area (Å²) in [6, 6.07) is -1.78. The van der Waals surface area contributed by atoms with Gasteiger partial charge in [-0.25, -0.2) is 4.79 Å². The third kappa shape index (κ3) is 0.831. The number of ketones is 1. The van der Waals surface area contributed by atoms with Crippen LogP contribution in [0.15, 0.2) is 0 Å². The zero-order chi connectivity index (χ0) is 7.72. The first kappa shape index (κ1) is 6.66. The van der Waals surface area contributed by atoms with E-state index >= 15 is 0 Å². The van der Waals surface area contributed by atoms with Crippen LogP contribution in [0.2, 0.25) is 0 Å². The molecule has 10 heavy (non-hydrogen) atoms. The molecular formula is C4H3NO5. The highest BCUT2D eigenvalue weighted by atomic mass is 16.6. The van der Waals surface area contributed by atoms with Crippen molar-refractivity contribution < 1.29 is 19.2 Å². The van der Waals surface area contributed by atoms with E-state index in [1.807, 2.05) is 0 Å². The number of nitrogens with zero attached hydrogens (tertiary/aromatic N) is 1. The first-order chi connectivity index (χ1) is 4.63. The molecule has 1 atom stereocenters. The molecule has 1 heterocycles.